The molecule has 1 aliphatic rings. The lowest BCUT2D eigenvalue weighted by atomic mass is 9.89. The van der Waals surface area contributed by atoms with Gasteiger partial charge in [0.05, 0.1) is 11.3 Å². The molecule has 1 aromatic rings. The molecule has 1 aromatic heterocycles. The van der Waals surface area contributed by atoms with E-state index in [-0.39, 0.29) is 0 Å². The fraction of sp³-hybridized carbons (Fsp3) is 0.429. The number of hydrogen-bond donors (Lipinski definition) is 1. The van der Waals surface area contributed by atoms with Crippen molar-refractivity contribution in [1.82, 2.24) is 4.98 Å². The van der Waals surface area contributed by atoms with Crippen LogP contribution in [0.5, 0.6) is 0 Å². The van der Waals surface area contributed by atoms with Gasteiger partial charge in [-0.05, 0) is 37.0 Å². The fourth-order valence-corrected chi connectivity index (χ4v) is 2.21. The van der Waals surface area contributed by atoms with Crippen LogP contribution in [-0.4, -0.2) is 10.9 Å². The summed E-state index contributed by atoms with van der Waals surface area (Å²) in [7, 11) is 0. The minimum atomic E-state index is -0.430. The third kappa shape index (κ3) is 3.41. The van der Waals surface area contributed by atoms with Gasteiger partial charge in [-0.2, -0.15) is 0 Å². The largest absolute Gasteiger partial charge is 0.366 e. The van der Waals surface area contributed by atoms with Gasteiger partial charge in [0.2, 0.25) is 5.91 Å². The third-order valence-corrected chi connectivity index (χ3v) is 3.26. The number of nitrogens with two attached hydrogens (primary N) is 1. The van der Waals surface area contributed by atoms with E-state index in [1.165, 1.54) is 38.3 Å². The number of pyridine rings is 1. The van der Waals surface area contributed by atoms with Gasteiger partial charge in [-0.15, -0.1) is 0 Å². The molecule has 17 heavy (non-hydrogen) atoms. The molecule has 0 aliphatic heterocycles. The van der Waals surface area contributed by atoms with Crippen molar-refractivity contribution < 1.29 is 4.79 Å². The molecule has 1 amide bonds. The predicted octanol–water partition coefficient (Wildman–Crippen LogP) is 2.77. The van der Waals surface area contributed by atoms with Crippen molar-refractivity contribution in [2.24, 2.45) is 11.7 Å². The molecule has 2 N–H and O–H groups in total. The van der Waals surface area contributed by atoms with Gasteiger partial charge in [0.15, 0.2) is 0 Å². The van der Waals surface area contributed by atoms with Crippen molar-refractivity contribution in [2.45, 2.75) is 32.1 Å². The Morgan fingerprint density at radius 1 is 1.29 bits per heavy atom. The van der Waals surface area contributed by atoms with Gasteiger partial charge in [0.25, 0.3) is 0 Å². The Morgan fingerprint density at radius 2 is 2.06 bits per heavy atom. The van der Waals surface area contributed by atoms with Gasteiger partial charge < -0.3 is 5.73 Å². The molecule has 90 valence electrons. The zero-order chi connectivity index (χ0) is 12.1. The van der Waals surface area contributed by atoms with Gasteiger partial charge in [0.1, 0.15) is 0 Å². The first-order valence-corrected chi connectivity index (χ1v) is 6.20. The minimum absolute atomic E-state index is 0.430. The molecule has 0 unspecified atom stereocenters. The molecule has 0 spiro atoms. The number of allylic oxidation sites excluding steroid dienone is 1. The van der Waals surface area contributed by atoms with Crippen LogP contribution in [0.2, 0.25) is 0 Å². The number of carbonyl (C=O) groups is 1. The van der Waals surface area contributed by atoms with Crippen LogP contribution < -0.4 is 5.73 Å². The van der Waals surface area contributed by atoms with Crippen LogP contribution in [0.15, 0.2) is 24.4 Å². The molecule has 0 radical (unpaired) electrons. The monoisotopic (exact) mass is 230 g/mol. The molecule has 0 bridgehead atoms. The second kappa shape index (κ2) is 5.62. The minimum Gasteiger partial charge on any atom is -0.366 e. The molecule has 0 atom stereocenters. The number of carbonyl (C=O) groups excluding carboxylic acids is 1. The molecule has 3 heteroatoms. The van der Waals surface area contributed by atoms with Gasteiger partial charge in [-0.1, -0.05) is 25.3 Å². The van der Waals surface area contributed by atoms with Crippen molar-refractivity contribution >= 4 is 12.0 Å². The summed E-state index contributed by atoms with van der Waals surface area (Å²) in [6, 6.07) is 3.55. The van der Waals surface area contributed by atoms with Crippen LogP contribution in [-0.2, 0) is 0 Å². The molecule has 3 nitrogen and oxygen atoms in total. The smallest absolute Gasteiger partial charge is 0.250 e. The zero-order valence-corrected chi connectivity index (χ0v) is 9.93. The standard InChI is InChI=1S/C14H18N2O/c15-14(17)12-7-9-13(16-10-12)8-6-11-4-2-1-3-5-11/h6-11H,1-5H2,(H2,15,17). The predicted molar refractivity (Wildman–Crippen MR) is 68.4 cm³/mol. The second-order valence-corrected chi connectivity index (χ2v) is 4.59. The number of hydrogen-bond acceptors (Lipinski definition) is 2. The molecule has 1 saturated carbocycles. The number of amides is 1. The Bertz CT molecular complexity index is 403. The molecule has 1 aliphatic carbocycles. The Kier molecular flexibility index (Phi) is 3.91. The molecule has 2 rings (SSSR count). The maximum absolute atomic E-state index is 10.9. The first-order valence-electron chi connectivity index (χ1n) is 6.20. The number of primary amides is 1. The molecular formula is C14H18N2O. The van der Waals surface area contributed by atoms with Crippen molar-refractivity contribution in [3.8, 4) is 0 Å². The highest BCUT2D eigenvalue weighted by Crippen LogP contribution is 2.25. The highest BCUT2D eigenvalue weighted by atomic mass is 16.1. The molecule has 0 saturated heterocycles. The highest BCUT2D eigenvalue weighted by Gasteiger charge is 2.09. The Balaban J connectivity index is 1.98. The summed E-state index contributed by atoms with van der Waals surface area (Å²) < 4.78 is 0. The van der Waals surface area contributed by atoms with E-state index in [9.17, 15) is 4.79 Å². The quantitative estimate of drug-likeness (QED) is 0.868. The van der Waals surface area contributed by atoms with Crippen LogP contribution in [0.1, 0.15) is 48.2 Å². The number of aromatic nitrogens is 1. The first-order chi connectivity index (χ1) is 8.25. The fourth-order valence-electron chi connectivity index (χ4n) is 2.21. The summed E-state index contributed by atoms with van der Waals surface area (Å²) in [5, 5.41) is 0. The molecule has 0 aromatic carbocycles. The molecule has 1 fully saturated rings. The van der Waals surface area contributed by atoms with Crippen LogP contribution in [0.3, 0.4) is 0 Å². The Labute approximate surface area is 102 Å². The van der Waals surface area contributed by atoms with Crippen molar-refractivity contribution in [3.63, 3.8) is 0 Å². The van der Waals surface area contributed by atoms with Crippen LogP contribution in [0.25, 0.3) is 6.08 Å². The second-order valence-electron chi connectivity index (χ2n) is 4.59. The maximum Gasteiger partial charge on any atom is 0.250 e. The summed E-state index contributed by atoms with van der Waals surface area (Å²) in [4.78, 5) is 15.1. The topological polar surface area (TPSA) is 56.0 Å². The van der Waals surface area contributed by atoms with Crippen molar-refractivity contribution in [3.05, 3.63) is 35.7 Å². The van der Waals surface area contributed by atoms with E-state index in [4.69, 9.17) is 5.73 Å². The van der Waals surface area contributed by atoms with E-state index in [1.807, 2.05) is 12.1 Å². The van der Waals surface area contributed by atoms with Crippen LogP contribution >= 0.6 is 0 Å². The average Bonchev–Trinajstić information content (AvgIpc) is 2.38. The number of nitrogens with zero attached hydrogens (tertiary/aromatic N) is 1. The van der Waals surface area contributed by atoms with Crippen molar-refractivity contribution in [1.29, 1.82) is 0 Å². The Hall–Kier alpha value is -1.64. The van der Waals surface area contributed by atoms with Gasteiger partial charge in [0, 0.05) is 6.20 Å². The first kappa shape index (κ1) is 11.8. The summed E-state index contributed by atoms with van der Waals surface area (Å²) >= 11 is 0. The van der Waals surface area contributed by atoms with E-state index in [0.29, 0.717) is 11.5 Å². The van der Waals surface area contributed by atoms with Crippen LogP contribution in [0.4, 0.5) is 0 Å². The van der Waals surface area contributed by atoms with Gasteiger partial charge in [-0.25, -0.2) is 0 Å². The maximum atomic E-state index is 10.9. The van der Waals surface area contributed by atoms with Gasteiger partial charge in [-0.3, -0.25) is 9.78 Å². The summed E-state index contributed by atoms with van der Waals surface area (Å²) in [6.07, 6.45) is 12.4. The lowest BCUT2D eigenvalue weighted by Crippen LogP contribution is -2.11. The summed E-state index contributed by atoms with van der Waals surface area (Å²) in [6.45, 7) is 0. The van der Waals surface area contributed by atoms with E-state index >= 15 is 0 Å². The third-order valence-electron chi connectivity index (χ3n) is 3.26. The molecule has 1 heterocycles. The summed E-state index contributed by atoms with van der Waals surface area (Å²) in [5.41, 5.74) is 6.51. The van der Waals surface area contributed by atoms with Crippen LogP contribution in [0, 0.1) is 5.92 Å². The van der Waals surface area contributed by atoms with Crippen molar-refractivity contribution in [2.75, 3.05) is 0 Å². The van der Waals surface area contributed by atoms with E-state index in [1.54, 1.807) is 6.07 Å². The van der Waals surface area contributed by atoms with Gasteiger partial charge >= 0.3 is 0 Å². The molecular weight excluding hydrogens is 212 g/mol. The lowest BCUT2D eigenvalue weighted by Gasteiger charge is -2.17. The normalized spacial score (nSPS) is 17.4. The lowest BCUT2D eigenvalue weighted by molar-refractivity contribution is 0.1000. The van der Waals surface area contributed by atoms with E-state index < -0.39 is 5.91 Å². The highest BCUT2D eigenvalue weighted by molar-refractivity contribution is 5.92. The zero-order valence-electron chi connectivity index (χ0n) is 9.93. The Morgan fingerprint density at radius 3 is 2.65 bits per heavy atom. The SMILES string of the molecule is NC(=O)c1ccc(C=CC2CCCCC2)nc1. The average molecular weight is 230 g/mol. The summed E-state index contributed by atoms with van der Waals surface area (Å²) in [5.74, 6) is 0.265. The number of rotatable bonds is 3. The van der Waals surface area contributed by atoms with E-state index in [0.717, 1.165) is 5.69 Å². The van der Waals surface area contributed by atoms with E-state index in [2.05, 4.69) is 11.1 Å².